The third-order valence-corrected chi connectivity index (χ3v) is 2.88. The lowest BCUT2D eigenvalue weighted by molar-refractivity contribution is 0.0887. The van der Waals surface area contributed by atoms with Gasteiger partial charge in [0.05, 0.1) is 11.8 Å². The molecule has 0 radical (unpaired) electrons. The number of aromatic amines is 1. The lowest BCUT2D eigenvalue weighted by Crippen LogP contribution is -2.52. The van der Waals surface area contributed by atoms with E-state index in [1.54, 1.807) is 12.4 Å². The van der Waals surface area contributed by atoms with Gasteiger partial charge in [-0.1, -0.05) is 0 Å². The van der Waals surface area contributed by atoms with E-state index in [9.17, 15) is 4.79 Å². The molecule has 82 valence electrons. The van der Waals surface area contributed by atoms with Crippen LogP contribution in [0.15, 0.2) is 12.4 Å². The van der Waals surface area contributed by atoms with Crippen LogP contribution >= 0.6 is 0 Å². The number of hydrogen-bond donors (Lipinski definition) is 3. The van der Waals surface area contributed by atoms with Crippen LogP contribution in [0.2, 0.25) is 0 Å². The van der Waals surface area contributed by atoms with Crippen LogP contribution in [-0.2, 0) is 0 Å². The van der Waals surface area contributed by atoms with E-state index < -0.39 is 0 Å². The van der Waals surface area contributed by atoms with Crippen LogP contribution in [0.1, 0.15) is 30.1 Å². The summed E-state index contributed by atoms with van der Waals surface area (Å²) in [7, 11) is 0. The quantitative estimate of drug-likeness (QED) is 0.654. The molecule has 15 heavy (non-hydrogen) atoms. The standard InChI is InChI=1S/C10H16N4O/c1-10(2-4-11-5-3-10)14-9(15)8-6-12-13-7-8/h6-7,11H,2-5H2,1H3,(H,12,13)(H,14,15). The Morgan fingerprint density at radius 1 is 1.53 bits per heavy atom. The summed E-state index contributed by atoms with van der Waals surface area (Å²) in [6.45, 7) is 4.01. The average molecular weight is 208 g/mol. The van der Waals surface area contributed by atoms with Gasteiger partial charge in [-0.05, 0) is 32.9 Å². The largest absolute Gasteiger partial charge is 0.347 e. The van der Waals surface area contributed by atoms with Crippen molar-refractivity contribution in [1.29, 1.82) is 0 Å². The van der Waals surface area contributed by atoms with E-state index in [1.807, 2.05) is 0 Å². The molecule has 3 N–H and O–H groups in total. The summed E-state index contributed by atoms with van der Waals surface area (Å²) in [4.78, 5) is 11.8. The van der Waals surface area contributed by atoms with E-state index in [2.05, 4.69) is 27.8 Å². The minimum Gasteiger partial charge on any atom is -0.347 e. The Balaban J connectivity index is 1.98. The first-order valence-corrected chi connectivity index (χ1v) is 5.22. The SMILES string of the molecule is CC1(NC(=O)c2cn[nH]c2)CCNCC1. The second kappa shape index (κ2) is 4.02. The molecule has 5 nitrogen and oxygen atoms in total. The maximum absolute atomic E-state index is 11.8. The molecule has 0 aromatic carbocycles. The van der Waals surface area contributed by atoms with Gasteiger partial charge in [-0.15, -0.1) is 0 Å². The molecule has 1 amide bonds. The Morgan fingerprint density at radius 2 is 2.27 bits per heavy atom. The lowest BCUT2D eigenvalue weighted by atomic mass is 9.90. The van der Waals surface area contributed by atoms with E-state index in [1.165, 1.54) is 0 Å². The highest BCUT2D eigenvalue weighted by Crippen LogP contribution is 2.17. The first-order valence-electron chi connectivity index (χ1n) is 5.22. The van der Waals surface area contributed by atoms with E-state index in [4.69, 9.17) is 0 Å². The molecular formula is C10H16N4O. The van der Waals surface area contributed by atoms with Gasteiger partial charge in [0.15, 0.2) is 0 Å². The fourth-order valence-corrected chi connectivity index (χ4v) is 1.82. The predicted molar refractivity (Wildman–Crippen MR) is 56.6 cm³/mol. The van der Waals surface area contributed by atoms with E-state index in [-0.39, 0.29) is 11.4 Å². The Labute approximate surface area is 88.6 Å². The number of piperidine rings is 1. The van der Waals surface area contributed by atoms with Crippen molar-refractivity contribution in [1.82, 2.24) is 20.8 Å². The number of hydrogen-bond acceptors (Lipinski definition) is 3. The van der Waals surface area contributed by atoms with E-state index in [0.717, 1.165) is 25.9 Å². The normalized spacial score (nSPS) is 19.8. The Morgan fingerprint density at radius 3 is 2.87 bits per heavy atom. The number of H-pyrrole nitrogens is 1. The second-order valence-corrected chi connectivity index (χ2v) is 4.25. The van der Waals surface area contributed by atoms with Crippen molar-refractivity contribution >= 4 is 5.91 Å². The van der Waals surface area contributed by atoms with Crippen LogP contribution in [0, 0.1) is 0 Å². The molecule has 0 unspecified atom stereocenters. The third-order valence-electron chi connectivity index (χ3n) is 2.88. The molecule has 0 aliphatic carbocycles. The van der Waals surface area contributed by atoms with Crippen LogP contribution in [0.4, 0.5) is 0 Å². The van der Waals surface area contributed by atoms with Gasteiger partial charge in [-0.2, -0.15) is 5.10 Å². The van der Waals surface area contributed by atoms with Crippen LogP contribution in [0.5, 0.6) is 0 Å². The predicted octanol–water partition coefficient (Wildman–Crippen LogP) is 0.282. The van der Waals surface area contributed by atoms with Crippen molar-refractivity contribution in [2.45, 2.75) is 25.3 Å². The molecule has 5 heteroatoms. The summed E-state index contributed by atoms with van der Waals surface area (Å²) >= 11 is 0. The lowest BCUT2D eigenvalue weighted by Gasteiger charge is -2.34. The number of nitrogens with zero attached hydrogens (tertiary/aromatic N) is 1. The number of carbonyl (C=O) groups excluding carboxylic acids is 1. The zero-order valence-electron chi connectivity index (χ0n) is 8.84. The molecule has 0 saturated carbocycles. The van der Waals surface area contributed by atoms with Crippen LogP contribution < -0.4 is 10.6 Å². The first-order chi connectivity index (χ1) is 7.20. The molecule has 0 spiro atoms. The number of carbonyl (C=O) groups is 1. The molecule has 1 aliphatic rings. The number of nitrogens with one attached hydrogen (secondary N) is 3. The van der Waals surface area contributed by atoms with Gasteiger partial charge in [-0.25, -0.2) is 0 Å². The van der Waals surface area contributed by atoms with Crippen molar-refractivity contribution in [3.63, 3.8) is 0 Å². The van der Waals surface area contributed by atoms with Crippen LogP contribution in [-0.4, -0.2) is 34.7 Å². The highest BCUT2D eigenvalue weighted by Gasteiger charge is 2.28. The Kier molecular flexibility index (Phi) is 2.73. The van der Waals surface area contributed by atoms with Gasteiger partial charge in [0.2, 0.25) is 0 Å². The molecular weight excluding hydrogens is 192 g/mol. The minimum atomic E-state index is -0.0837. The minimum absolute atomic E-state index is 0.0480. The van der Waals surface area contributed by atoms with Gasteiger partial charge in [-0.3, -0.25) is 9.89 Å². The number of amides is 1. The topological polar surface area (TPSA) is 69.8 Å². The molecule has 0 bridgehead atoms. The summed E-state index contributed by atoms with van der Waals surface area (Å²) in [5.41, 5.74) is 0.509. The van der Waals surface area contributed by atoms with E-state index in [0.29, 0.717) is 5.56 Å². The monoisotopic (exact) mass is 208 g/mol. The van der Waals surface area contributed by atoms with Crippen molar-refractivity contribution in [2.24, 2.45) is 0 Å². The number of rotatable bonds is 2. The molecule has 1 aromatic heterocycles. The zero-order chi connectivity index (χ0) is 10.7. The maximum Gasteiger partial charge on any atom is 0.254 e. The summed E-state index contributed by atoms with van der Waals surface area (Å²) < 4.78 is 0. The molecule has 1 aromatic rings. The Hall–Kier alpha value is -1.36. The van der Waals surface area contributed by atoms with Gasteiger partial charge in [0.1, 0.15) is 0 Å². The molecule has 0 atom stereocenters. The van der Waals surface area contributed by atoms with Gasteiger partial charge >= 0.3 is 0 Å². The van der Waals surface area contributed by atoms with Gasteiger partial charge in [0, 0.05) is 11.7 Å². The van der Waals surface area contributed by atoms with E-state index >= 15 is 0 Å². The summed E-state index contributed by atoms with van der Waals surface area (Å²) in [6, 6.07) is 0. The maximum atomic E-state index is 11.8. The van der Waals surface area contributed by atoms with Crippen molar-refractivity contribution in [3.8, 4) is 0 Å². The third kappa shape index (κ3) is 2.36. The fourth-order valence-electron chi connectivity index (χ4n) is 1.82. The van der Waals surface area contributed by atoms with Crippen molar-refractivity contribution in [3.05, 3.63) is 18.0 Å². The molecule has 1 aliphatic heterocycles. The van der Waals surface area contributed by atoms with Crippen molar-refractivity contribution < 1.29 is 4.79 Å². The highest BCUT2D eigenvalue weighted by atomic mass is 16.1. The van der Waals surface area contributed by atoms with Crippen molar-refractivity contribution in [2.75, 3.05) is 13.1 Å². The molecule has 2 rings (SSSR count). The highest BCUT2D eigenvalue weighted by molar-refractivity contribution is 5.94. The Bertz CT molecular complexity index is 327. The van der Waals surface area contributed by atoms with Crippen LogP contribution in [0.3, 0.4) is 0 Å². The average Bonchev–Trinajstić information content (AvgIpc) is 2.70. The van der Waals surface area contributed by atoms with Gasteiger partial charge < -0.3 is 10.6 Å². The van der Waals surface area contributed by atoms with Gasteiger partial charge in [0.25, 0.3) is 5.91 Å². The number of aromatic nitrogens is 2. The molecule has 2 heterocycles. The fraction of sp³-hybridized carbons (Fsp3) is 0.600. The summed E-state index contributed by atoms with van der Waals surface area (Å²) in [5, 5.41) is 12.7. The first kappa shape index (κ1) is 10.2. The molecule has 1 fully saturated rings. The summed E-state index contributed by atoms with van der Waals surface area (Å²) in [5.74, 6) is -0.0480. The second-order valence-electron chi connectivity index (χ2n) is 4.25. The summed E-state index contributed by atoms with van der Waals surface area (Å²) in [6.07, 6.45) is 5.09. The molecule has 1 saturated heterocycles. The zero-order valence-corrected chi connectivity index (χ0v) is 8.84. The smallest absolute Gasteiger partial charge is 0.254 e. The van der Waals surface area contributed by atoms with Crippen LogP contribution in [0.25, 0.3) is 0 Å².